The summed E-state index contributed by atoms with van der Waals surface area (Å²) in [5.74, 6) is 0.640. The third kappa shape index (κ3) is 33.1. The molecule has 5 aromatic heterocycles. The van der Waals surface area contributed by atoms with Crippen molar-refractivity contribution in [2.45, 2.75) is 193 Å². The van der Waals surface area contributed by atoms with Crippen molar-refractivity contribution in [3.63, 3.8) is 0 Å². The van der Waals surface area contributed by atoms with Gasteiger partial charge in [0.25, 0.3) is 22.2 Å². The van der Waals surface area contributed by atoms with Crippen molar-refractivity contribution in [2.75, 3.05) is 32.0 Å². The van der Waals surface area contributed by atoms with E-state index in [0.29, 0.717) is 79.6 Å². The summed E-state index contributed by atoms with van der Waals surface area (Å²) in [4.78, 5) is 89.0. The Kier molecular flexibility index (Phi) is 50.5. The Balaban J connectivity index is 0.000000345. The van der Waals surface area contributed by atoms with Crippen LogP contribution >= 0.6 is 56.3 Å². The molecule has 17 aromatic rings. The van der Waals surface area contributed by atoms with Crippen molar-refractivity contribution in [1.82, 2.24) is 25.8 Å². The van der Waals surface area contributed by atoms with Gasteiger partial charge in [-0.3, -0.25) is 33.9 Å². The number of ether oxygens (including phenoxy) is 2. The van der Waals surface area contributed by atoms with Gasteiger partial charge in [0.1, 0.15) is 17.4 Å². The van der Waals surface area contributed by atoms with E-state index in [4.69, 9.17) is 21.1 Å². The Hall–Kier alpha value is -12.5. The topological polar surface area (TPSA) is 182 Å². The number of nitrogens with zero attached hydrogens (tertiary/aromatic N) is 6. The fourth-order valence-corrected chi connectivity index (χ4v) is 19.5. The third-order valence-electron chi connectivity index (χ3n) is 19.7. The van der Waals surface area contributed by atoms with E-state index in [1.54, 1.807) is 74.3 Å². The van der Waals surface area contributed by atoms with Crippen LogP contribution in [0.4, 0.5) is 30.0 Å². The monoisotopic (exact) mass is 2100 g/mol. The molecular formula is C114H136ClF6N7O9S4Se. The number of Topliss-reactive ketones (excluding diaryl/α,β-unsaturated/α-hetero) is 2. The SMILES string of the molecule is CC.CC.CC.CC.CC.CC.CC.CC.CC.CC.CC(=O)c1ccc2c(c1)Cc1ccccc1S2.CN(C)c1cccc(-c2c3c(=O)n(-c4ccccc4Cl)[nH]c3cc(=O)n2C)c1.CS(F)(F)(F)(F)c1cccc(-n2sc3ccc(F)cc3c2=O)c1.Cc1ccc(CC(=O)Cc2ccc(C)cc2)cc1.O=c1c2cc(F)ccc2sn1-c1ccc2c(c1)OCO2.O=c1c2ccccc2[se]n1-c1ccccc1. The van der Waals surface area contributed by atoms with Crippen molar-refractivity contribution >= 4 is 129 Å². The van der Waals surface area contributed by atoms with Crippen molar-refractivity contribution in [1.29, 1.82) is 0 Å². The number of halogens is 7. The van der Waals surface area contributed by atoms with Gasteiger partial charge in [-0.2, -0.15) is 0 Å². The first kappa shape index (κ1) is 122. The first-order valence-electron chi connectivity index (χ1n) is 47.9. The molecule has 760 valence electrons. The molecule has 0 bridgehead atoms. The van der Waals surface area contributed by atoms with Crippen LogP contribution in [0.2, 0.25) is 5.02 Å². The minimum absolute atomic E-state index is 0.0593. The maximum atomic E-state index is 13.5. The second-order valence-electron chi connectivity index (χ2n) is 29.2. The van der Waals surface area contributed by atoms with Crippen LogP contribution in [0.1, 0.15) is 189 Å². The molecule has 0 radical (unpaired) electrons. The summed E-state index contributed by atoms with van der Waals surface area (Å²) in [6, 6.07) is 81.3. The molecule has 142 heavy (non-hydrogen) atoms. The second-order valence-corrected chi connectivity index (χ2v) is 38.1. The van der Waals surface area contributed by atoms with Gasteiger partial charge in [0.15, 0.2) is 27.1 Å². The number of carbonyl (C=O) groups is 2. The molecule has 12 aromatic carbocycles. The zero-order valence-corrected chi connectivity index (χ0v) is 92.2. The number of anilines is 1. The molecule has 0 spiro atoms. The number of ketones is 2. The summed E-state index contributed by atoms with van der Waals surface area (Å²) in [5.41, 5.74) is 11.7. The quantitative estimate of drug-likeness (QED) is 0.0698. The van der Waals surface area contributed by atoms with E-state index in [0.717, 1.165) is 83.8 Å². The van der Waals surface area contributed by atoms with Crippen LogP contribution in [-0.2, 0) is 31.1 Å². The number of hydrogen-bond donors (Lipinski definition) is 1. The van der Waals surface area contributed by atoms with E-state index in [1.165, 1.54) is 91.4 Å². The Morgan fingerprint density at radius 1 is 0.472 bits per heavy atom. The van der Waals surface area contributed by atoms with E-state index in [1.807, 2.05) is 276 Å². The molecule has 19 rings (SSSR count). The molecule has 1 N–H and O–H groups in total. The summed E-state index contributed by atoms with van der Waals surface area (Å²) >= 11 is 10.3. The fourth-order valence-electron chi connectivity index (χ4n) is 13.4. The number of hydrogen-bond acceptors (Lipinski definition) is 13. The zero-order valence-electron chi connectivity index (χ0n) is 86.4. The van der Waals surface area contributed by atoms with E-state index in [-0.39, 0.29) is 72.7 Å². The molecule has 0 atom stereocenters. The molecule has 28 heteroatoms. The number of carbonyl (C=O) groups excluding carboxylic acids is 2. The van der Waals surface area contributed by atoms with Gasteiger partial charge in [-0.1, -0.05) is 299 Å². The van der Waals surface area contributed by atoms with E-state index in [9.17, 15) is 57.9 Å². The molecule has 7 heterocycles. The van der Waals surface area contributed by atoms with Crippen molar-refractivity contribution in [2.24, 2.45) is 7.05 Å². The summed E-state index contributed by atoms with van der Waals surface area (Å²) in [5, 5.41) is 5.21. The number of aromatic nitrogens is 6. The van der Waals surface area contributed by atoms with Crippen molar-refractivity contribution in [3.8, 4) is 45.5 Å². The van der Waals surface area contributed by atoms with Gasteiger partial charge >= 0.3 is 98.6 Å². The van der Waals surface area contributed by atoms with Crippen LogP contribution in [0.25, 0.3) is 74.7 Å². The van der Waals surface area contributed by atoms with Crippen LogP contribution in [0.3, 0.4) is 0 Å². The van der Waals surface area contributed by atoms with Crippen molar-refractivity contribution in [3.05, 3.63) is 386 Å². The molecule has 0 saturated heterocycles. The molecular weight excluding hydrogens is 1970 g/mol. The predicted octanol–water partition coefficient (Wildman–Crippen LogP) is 31.8. The summed E-state index contributed by atoms with van der Waals surface area (Å²) in [6.07, 6.45) is 1.60. The maximum absolute atomic E-state index is 13.5. The average molecular weight is 2110 g/mol. The van der Waals surface area contributed by atoms with E-state index >= 15 is 0 Å². The Morgan fingerprint density at radius 2 is 0.965 bits per heavy atom. The van der Waals surface area contributed by atoms with Crippen LogP contribution < -0.4 is 42.2 Å². The van der Waals surface area contributed by atoms with Gasteiger partial charge in [-0.05, 0) is 159 Å². The summed E-state index contributed by atoms with van der Waals surface area (Å²) < 4.78 is 101. The normalized spacial score (nSPS) is 11.0. The van der Waals surface area contributed by atoms with Crippen LogP contribution in [0, 0.1) is 25.5 Å². The predicted molar refractivity (Wildman–Crippen MR) is 596 cm³/mol. The first-order chi connectivity index (χ1) is 68.2. The molecule has 0 fully saturated rings. The van der Waals surface area contributed by atoms with Crippen LogP contribution in [-0.4, -0.2) is 79.3 Å². The van der Waals surface area contributed by atoms with Gasteiger partial charge in [0, 0.05) is 72.7 Å². The molecule has 2 aliphatic heterocycles. The third-order valence-corrected chi connectivity index (χ3v) is 27.3. The Bertz CT molecular complexity index is 7140. The van der Waals surface area contributed by atoms with E-state index in [2.05, 4.69) is 73.5 Å². The number of rotatable bonds is 12. The molecule has 16 nitrogen and oxygen atoms in total. The number of pyridine rings is 1. The number of benzene rings is 12. The van der Waals surface area contributed by atoms with Gasteiger partial charge in [0.2, 0.25) is 6.79 Å². The second kappa shape index (κ2) is 58.8. The Labute approximate surface area is 856 Å². The molecule has 0 unspecified atom stereocenters. The number of H-pyrrole nitrogens is 1. The molecule has 0 aliphatic carbocycles. The number of fused-ring (bicyclic) bond motifs is 7. The first-order valence-corrected chi connectivity index (χ1v) is 54.7. The minimum atomic E-state index is -8.35. The van der Waals surface area contributed by atoms with Crippen LogP contribution in [0.5, 0.6) is 11.5 Å². The zero-order chi connectivity index (χ0) is 107. The number of aryl methyl sites for hydroxylation is 2. The molecule has 2 aliphatic rings. The van der Waals surface area contributed by atoms with E-state index < -0.39 is 31.9 Å². The van der Waals surface area contributed by atoms with Gasteiger partial charge in [-0.25, -0.2) is 21.4 Å². The van der Waals surface area contributed by atoms with Crippen molar-refractivity contribution < 1.29 is 43.4 Å². The number of para-hydroxylation sites is 2. The number of aromatic amines is 1. The fraction of sp³-hybridized carbons (Fsp3) is 0.272. The molecule has 0 amide bonds. The van der Waals surface area contributed by atoms with Gasteiger partial charge in [-0.15, -0.1) is 15.5 Å². The Morgan fingerprint density at radius 3 is 1.50 bits per heavy atom. The average Bonchev–Trinajstić information content (AvgIpc) is 1.14. The van der Waals surface area contributed by atoms with Gasteiger partial charge in [0.05, 0.1) is 70.0 Å². The van der Waals surface area contributed by atoms with Crippen LogP contribution in [0.15, 0.2) is 318 Å². The summed E-state index contributed by atoms with van der Waals surface area (Å²) in [6.45, 7) is 45.9. The standard InChI is InChI=1S/C21H19ClN4O2.C17H18O.C15H12OS.C14H10F5NOS2.C14H8FNO3S.C13H9NOSe.10C2H6/c1-24(2)14-8-6-7-13(11-14)20-19-16(12-18(27)25(20)3)23-26(21(19)28)17-10-5-4-9-15(17)22;1-13-3-7-15(8-4-13)11-17(18)12-16-9-5-14(2)6-10-16;1-10(16)11-6-7-15-13(8-11)9-12-4-2-3-5-14(12)17-15;1-23(16,17,18,19)11-4-2-3-10(8-11)20-14(21)12-7-9(15)5-6-13(12)22-20;15-8-1-4-13-10(5-8)14(17)16(20-13)9-2-3-11-12(6-9)19-7-18-11;15-13-11-8-4-5-9-12(11)16-14(13)10-6-2-1-3-7-10;10*1-2/h4-12,23H,1-3H3;3-10H,11-12H2,1-2H3;2-8H,9H2,1H3;2-8H,1H3;1-6H,7H2;1-9H;10*1-2H3. The number of nitrogens with one attached hydrogen (secondary N) is 1. The molecule has 0 saturated carbocycles. The van der Waals surface area contributed by atoms with Gasteiger partial charge < -0.3 is 18.9 Å². The summed E-state index contributed by atoms with van der Waals surface area (Å²) in [7, 11) is -2.79.